The van der Waals surface area contributed by atoms with E-state index in [1.807, 2.05) is 6.92 Å². The van der Waals surface area contributed by atoms with Crippen LogP contribution in [-0.2, 0) is 9.53 Å². The average Bonchev–Trinajstić information content (AvgIpc) is 2.85. The Hall–Kier alpha value is -0.670. The van der Waals surface area contributed by atoms with Crippen molar-refractivity contribution in [3.8, 4) is 0 Å². The zero-order valence-electron chi connectivity index (χ0n) is 7.25. The zero-order valence-corrected chi connectivity index (χ0v) is 7.25. The van der Waals surface area contributed by atoms with Crippen molar-refractivity contribution in [1.29, 1.82) is 0 Å². The molecule has 1 heterocycles. The minimum atomic E-state index is -0.559. The highest BCUT2D eigenvalue weighted by molar-refractivity contribution is 5.94. The normalized spacial score (nSPS) is 26.0. The molecule has 1 N–H and O–H groups in total. The molecule has 1 fully saturated rings. The van der Waals surface area contributed by atoms with E-state index in [1.54, 1.807) is 0 Å². The Morgan fingerprint density at radius 2 is 2.50 bits per heavy atom. The molecule has 12 heavy (non-hydrogen) atoms. The van der Waals surface area contributed by atoms with Crippen LogP contribution in [0.15, 0.2) is 12.7 Å². The first-order valence-electron chi connectivity index (χ1n) is 4.04. The molecule has 1 aliphatic heterocycles. The first kappa shape index (κ1) is 9.42. The second-order valence-corrected chi connectivity index (χ2v) is 3.28. The second kappa shape index (κ2) is 3.37. The van der Waals surface area contributed by atoms with Crippen LogP contribution in [0.25, 0.3) is 0 Å². The van der Waals surface area contributed by atoms with Crippen molar-refractivity contribution < 1.29 is 14.6 Å². The Morgan fingerprint density at radius 1 is 1.92 bits per heavy atom. The molecular weight excluding hydrogens is 156 g/mol. The van der Waals surface area contributed by atoms with E-state index in [0.29, 0.717) is 13.0 Å². The number of aliphatic hydroxyl groups excluding tert-OH is 1. The predicted octanol–water partition coefficient (Wildman–Crippen LogP) is 0.529. The summed E-state index contributed by atoms with van der Waals surface area (Å²) in [6, 6.07) is 0. The van der Waals surface area contributed by atoms with Crippen molar-refractivity contribution in [2.45, 2.75) is 19.4 Å². The van der Waals surface area contributed by atoms with Gasteiger partial charge in [0.2, 0.25) is 0 Å². The lowest BCUT2D eigenvalue weighted by Gasteiger charge is -2.23. The molecule has 0 aromatic carbocycles. The van der Waals surface area contributed by atoms with Crippen LogP contribution in [0.5, 0.6) is 0 Å². The van der Waals surface area contributed by atoms with Gasteiger partial charge in [-0.2, -0.15) is 0 Å². The first-order valence-corrected chi connectivity index (χ1v) is 4.04. The topological polar surface area (TPSA) is 49.8 Å². The fourth-order valence-corrected chi connectivity index (χ4v) is 1.32. The summed E-state index contributed by atoms with van der Waals surface area (Å²) in [5.74, 6) is -0.0425. The van der Waals surface area contributed by atoms with Gasteiger partial charge in [-0.05, 0) is 19.4 Å². The molecule has 1 saturated heterocycles. The third-order valence-corrected chi connectivity index (χ3v) is 2.42. The van der Waals surface area contributed by atoms with Gasteiger partial charge in [-0.1, -0.05) is 6.58 Å². The Labute approximate surface area is 72.0 Å². The quantitative estimate of drug-likeness (QED) is 0.483. The van der Waals surface area contributed by atoms with Gasteiger partial charge in [-0.15, -0.1) is 0 Å². The highest BCUT2D eigenvalue weighted by Gasteiger charge is 2.46. The molecule has 0 bridgehead atoms. The van der Waals surface area contributed by atoms with E-state index in [0.717, 1.165) is 0 Å². The number of carbonyl (C=O) groups is 1. The van der Waals surface area contributed by atoms with Gasteiger partial charge in [0.25, 0.3) is 0 Å². The molecule has 0 radical (unpaired) electrons. The van der Waals surface area contributed by atoms with Crippen molar-refractivity contribution in [3.63, 3.8) is 0 Å². The number of aliphatic hydroxyl groups is 1. The molecular formula is C9H14O3. The molecule has 3 heteroatoms. The van der Waals surface area contributed by atoms with E-state index in [-0.39, 0.29) is 18.5 Å². The lowest BCUT2D eigenvalue weighted by Crippen LogP contribution is -2.33. The monoisotopic (exact) mass is 170 g/mol. The Bertz CT molecular complexity index is 196. The average molecular weight is 170 g/mol. The van der Waals surface area contributed by atoms with E-state index in [4.69, 9.17) is 9.84 Å². The van der Waals surface area contributed by atoms with Crippen molar-refractivity contribution in [2.24, 2.45) is 5.41 Å². The minimum Gasteiger partial charge on any atom is -0.396 e. The van der Waals surface area contributed by atoms with Crippen LogP contribution in [-0.4, -0.2) is 30.2 Å². The van der Waals surface area contributed by atoms with Gasteiger partial charge in [-0.25, -0.2) is 0 Å². The summed E-state index contributed by atoms with van der Waals surface area (Å²) in [5, 5.41) is 8.78. The lowest BCUT2D eigenvalue weighted by molar-refractivity contribution is -0.124. The minimum absolute atomic E-state index is 0.00986. The number of hydrogen-bond acceptors (Lipinski definition) is 3. The van der Waals surface area contributed by atoms with Gasteiger partial charge in [0.15, 0.2) is 5.78 Å². The molecule has 0 aliphatic carbocycles. The van der Waals surface area contributed by atoms with E-state index in [9.17, 15) is 4.79 Å². The number of ketones is 1. The van der Waals surface area contributed by atoms with Crippen LogP contribution >= 0.6 is 0 Å². The van der Waals surface area contributed by atoms with Crippen molar-refractivity contribution in [1.82, 2.24) is 0 Å². The van der Waals surface area contributed by atoms with Gasteiger partial charge < -0.3 is 9.84 Å². The summed E-state index contributed by atoms with van der Waals surface area (Å²) in [4.78, 5) is 11.4. The van der Waals surface area contributed by atoms with E-state index in [1.165, 1.54) is 6.08 Å². The summed E-state index contributed by atoms with van der Waals surface area (Å²) >= 11 is 0. The molecule has 2 unspecified atom stereocenters. The van der Waals surface area contributed by atoms with Crippen LogP contribution in [0.4, 0.5) is 0 Å². The van der Waals surface area contributed by atoms with Crippen LogP contribution in [0.2, 0.25) is 0 Å². The van der Waals surface area contributed by atoms with Crippen LogP contribution in [0, 0.1) is 5.41 Å². The molecule has 3 nitrogen and oxygen atoms in total. The second-order valence-electron chi connectivity index (χ2n) is 3.28. The molecule has 0 aromatic heterocycles. The molecule has 0 spiro atoms. The van der Waals surface area contributed by atoms with Gasteiger partial charge >= 0.3 is 0 Å². The van der Waals surface area contributed by atoms with Gasteiger partial charge in [0.1, 0.15) is 0 Å². The van der Waals surface area contributed by atoms with Crippen LogP contribution in [0.1, 0.15) is 13.3 Å². The lowest BCUT2D eigenvalue weighted by atomic mass is 9.79. The number of allylic oxidation sites excluding steroid dienone is 1. The molecule has 2 atom stereocenters. The standard InChI is InChI=1S/C9H14O3/c1-3-7(11)9(2,4-5-10)8-6-12-8/h3,8,10H,1,4-6H2,2H3. The fraction of sp³-hybridized carbons (Fsp3) is 0.667. The summed E-state index contributed by atoms with van der Waals surface area (Å²) < 4.78 is 5.07. The smallest absolute Gasteiger partial charge is 0.163 e. The number of carbonyl (C=O) groups excluding carboxylic acids is 1. The number of rotatable bonds is 5. The maximum Gasteiger partial charge on any atom is 0.163 e. The van der Waals surface area contributed by atoms with Crippen LogP contribution < -0.4 is 0 Å². The molecule has 0 saturated carbocycles. The zero-order chi connectivity index (χ0) is 9.19. The maximum atomic E-state index is 11.4. The third kappa shape index (κ3) is 1.57. The number of hydrogen-bond donors (Lipinski definition) is 1. The van der Waals surface area contributed by atoms with Crippen molar-refractivity contribution >= 4 is 5.78 Å². The Kier molecular flexibility index (Phi) is 2.65. The summed E-state index contributed by atoms with van der Waals surface area (Å²) in [5.41, 5.74) is -0.559. The predicted molar refractivity (Wildman–Crippen MR) is 44.8 cm³/mol. The van der Waals surface area contributed by atoms with Crippen molar-refractivity contribution in [2.75, 3.05) is 13.2 Å². The number of epoxide rings is 1. The van der Waals surface area contributed by atoms with E-state index >= 15 is 0 Å². The van der Waals surface area contributed by atoms with Crippen molar-refractivity contribution in [3.05, 3.63) is 12.7 Å². The van der Waals surface area contributed by atoms with Gasteiger partial charge in [-0.3, -0.25) is 4.79 Å². The maximum absolute atomic E-state index is 11.4. The van der Waals surface area contributed by atoms with Crippen LogP contribution in [0.3, 0.4) is 0 Å². The molecule has 0 amide bonds. The molecule has 1 rings (SSSR count). The van der Waals surface area contributed by atoms with Gasteiger partial charge in [0, 0.05) is 6.61 Å². The SMILES string of the molecule is C=CC(=O)C(C)(CCO)C1CO1. The Balaban J connectivity index is 2.69. The molecule has 0 aromatic rings. The molecule has 68 valence electrons. The molecule has 1 aliphatic rings. The largest absolute Gasteiger partial charge is 0.396 e. The fourth-order valence-electron chi connectivity index (χ4n) is 1.32. The highest BCUT2D eigenvalue weighted by Crippen LogP contribution is 2.36. The Morgan fingerprint density at radius 3 is 2.83 bits per heavy atom. The first-order chi connectivity index (χ1) is 5.65. The van der Waals surface area contributed by atoms with E-state index in [2.05, 4.69) is 6.58 Å². The van der Waals surface area contributed by atoms with Gasteiger partial charge in [0.05, 0.1) is 18.1 Å². The van der Waals surface area contributed by atoms with E-state index < -0.39 is 5.41 Å². The number of ether oxygens (including phenoxy) is 1. The summed E-state index contributed by atoms with van der Waals surface area (Å²) in [6.45, 7) is 5.87. The third-order valence-electron chi connectivity index (χ3n) is 2.42. The summed E-state index contributed by atoms with van der Waals surface area (Å²) in [6.07, 6.45) is 1.73. The highest BCUT2D eigenvalue weighted by atomic mass is 16.6. The summed E-state index contributed by atoms with van der Waals surface area (Å²) in [7, 11) is 0.